The second kappa shape index (κ2) is 4.00. The molecule has 0 aromatic rings. The Kier molecular flexibility index (Phi) is 3.34. The fraction of sp³-hybridized carbons (Fsp3) is 0.778. The van der Waals surface area contributed by atoms with Crippen LogP contribution in [0.1, 0.15) is 19.8 Å². The molecule has 4 nitrogen and oxygen atoms in total. The molecule has 5 heteroatoms. The van der Waals surface area contributed by atoms with Gasteiger partial charge in [0.2, 0.25) is 10.0 Å². The summed E-state index contributed by atoms with van der Waals surface area (Å²) < 4.78 is 24.6. The van der Waals surface area contributed by atoms with Crippen molar-refractivity contribution in [2.45, 2.75) is 25.4 Å². The summed E-state index contributed by atoms with van der Waals surface area (Å²) in [6.45, 7) is 5.97. The van der Waals surface area contributed by atoms with E-state index in [-0.39, 0.29) is 5.75 Å². The largest absolute Gasteiger partial charge is 0.390 e. The Hall–Kier alpha value is -0.390. The van der Waals surface area contributed by atoms with E-state index >= 15 is 0 Å². The van der Waals surface area contributed by atoms with E-state index in [9.17, 15) is 13.5 Å². The molecule has 0 saturated carbocycles. The zero-order chi connectivity index (χ0) is 10.8. The van der Waals surface area contributed by atoms with Gasteiger partial charge in [-0.15, -0.1) is 6.58 Å². The molecule has 0 unspecified atom stereocenters. The number of piperidine rings is 1. The van der Waals surface area contributed by atoms with Crippen molar-refractivity contribution in [3.05, 3.63) is 12.7 Å². The first-order valence-electron chi connectivity index (χ1n) is 4.68. The van der Waals surface area contributed by atoms with Crippen LogP contribution in [0.2, 0.25) is 0 Å². The molecule has 0 aromatic heterocycles. The third-order valence-electron chi connectivity index (χ3n) is 2.52. The predicted octanol–water partition coefficient (Wildman–Crippen LogP) is 0.349. The molecule has 1 N–H and O–H groups in total. The Morgan fingerprint density at radius 3 is 2.43 bits per heavy atom. The van der Waals surface area contributed by atoms with Gasteiger partial charge < -0.3 is 5.11 Å². The summed E-state index contributed by atoms with van der Waals surface area (Å²) >= 11 is 0. The van der Waals surface area contributed by atoms with Crippen molar-refractivity contribution >= 4 is 10.0 Å². The van der Waals surface area contributed by atoms with Crippen LogP contribution in [0, 0.1) is 0 Å². The van der Waals surface area contributed by atoms with E-state index < -0.39 is 15.6 Å². The minimum Gasteiger partial charge on any atom is -0.390 e. The normalized spacial score (nSPS) is 23.3. The minimum absolute atomic E-state index is 0.0187. The van der Waals surface area contributed by atoms with Crippen LogP contribution < -0.4 is 0 Å². The molecule has 1 rings (SSSR count). The van der Waals surface area contributed by atoms with E-state index in [1.54, 1.807) is 6.92 Å². The fourth-order valence-electron chi connectivity index (χ4n) is 1.50. The smallest absolute Gasteiger partial charge is 0.217 e. The third-order valence-corrected chi connectivity index (χ3v) is 4.33. The van der Waals surface area contributed by atoms with Gasteiger partial charge in [-0.05, 0) is 19.8 Å². The lowest BCUT2D eigenvalue weighted by Crippen LogP contribution is -2.45. The summed E-state index contributed by atoms with van der Waals surface area (Å²) in [5, 5.41) is 9.65. The number of sulfonamides is 1. The molecular formula is C9H17NO3S. The summed E-state index contributed by atoms with van der Waals surface area (Å²) in [7, 11) is -3.18. The quantitative estimate of drug-likeness (QED) is 0.697. The van der Waals surface area contributed by atoms with Gasteiger partial charge in [0, 0.05) is 13.1 Å². The summed E-state index contributed by atoms with van der Waals surface area (Å²) in [6, 6.07) is 0. The topological polar surface area (TPSA) is 57.6 Å². The van der Waals surface area contributed by atoms with Gasteiger partial charge >= 0.3 is 0 Å². The van der Waals surface area contributed by atoms with Gasteiger partial charge in [0.05, 0.1) is 11.4 Å². The first-order valence-corrected chi connectivity index (χ1v) is 6.29. The predicted molar refractivity (Wildman–Crippen MR) is 55.4 cm³/mol. The molecule has 1 aliphatic heterocycles. The third kappa shape index (κ3) is 2.80. The highest BCUT2D eigenvalue weighted by Crippen LogP contribution is 2.23. The number of aliphatic hydroxyl groups is 1. The molecule has 0 aromatic carbocycles. The van der Waals surface area contributed by atoms with E-state index in [0.717, 1.165) is 0 Å². The first kappa shape index (κ1) is 11.7. The fourth-order valence-corrected chi connectivity index (χ4v) is 2.75. The van der Waals surface area contributed by atoms with E-state index in [0.29, 0.717) is 25.9 Å². The van der Waals surface area contributed by atoms with Crippen molar-refractivity contribution in [2.75, 3.05) is 18.8 Å². The van der Waals surface area contributed by atoms with Crippen LogP contribution in [-0.4, -0.2) is 42.3 Å². The maximum atomic E-state index is 11.6. The second-order valence-electron chi connectivity index (χ2n) is 3.96. The molecule has 0 radical (unpaired) electrons. The van der Waals surface area contributed by atoms with Gasteiger partial charge in [0.15, 0.2) is 0 Å². The van der Waals surface area contributed by atoms with Crippen molar-refractivity contribution in [1.29, 1.82) is 0 Å². The average Bonchev–Trinajstić information content (AvgIpc) is 2.03. The van der Waals surface area contributed by atoms with Crippen molar-refractivity contribution < 1.29 is 13.5 Å². The maximum Gasteiger partial charge on any atom is 0.217 e. The molecule has 0 spiro atoms. The van der Waals surface area contributed by atoms with Crippen molar-refractivity contribution in [1.82, 2.24) is 4.31 Å². The van der Waals surface area contributed by atoms with E-state index in [2.05, 4.69) is 6.58 Å². The molecule has 14 heavy (non-hydrogen) atoms. The van der Waals surface area contributed by atoms with Gasteiger partial charge in [-0.1, -0.05) is 6.08 Å². The highest BCUT2D eigenvalue weighted by Gasteiger charge is 2.32. The van der Waals surface area contributed by atoms with Crippen LogP contribution in [0.25, 0.3) is 0 Å². The van der Waals surface area contributed by atoms with Crippen molar-refractivity contribution in [2.24, 2.45) is 0 Å². The van der Waals surface area contributed by atoms with Crippen molar-refractivity contribution in [3.63, 3.8) is 0 Å². The molecule has 0 aliphatic carbocycles. The summed E-state index contributed by atoms with van der Waals surface area (Å²) in [6.07, 6.45) is 2.40. The van der Waals surface area contributed by atoms with Gasteiger partial charge in [-0.3, -0.25) is 0 Å². The van der Waals surface area contributed by atoms with Gasteiger partial charge in [0.1, 0.15) is 0 Å². The average molecular weight is 219 g/mol. The summed E-state index contributed by atoms with van der Waals surface area (Å²) in [4.78, 5) is 0. The van der Waals surface area contributed by atoms with Crippen LogP contribution in [0.3, 0.4) is 0 Å². The van der Waals surface area contributed by atoms with Crippen LogP contribution >= 0.6 is 0 Å². The molecule has 0 atom stereocenters. The molecule has 1 fully saturated rings. The number of hydrogen-bond donors (Lipinski definition) is 1. The Labute approximate surface area is 85.3 Å². The lowest BCUT2D eigenvalue weighted by Gasteiger charge is -2.34. The Balaban J connectivity index is 2.62. The van der Waals surface area contributed by atoms with E-state index in [1.165, 1.54) is 10.4 Å². The standard InChI is InChI=1S/C9H17NO3S/c1-3-8-14(12,13)10-6-4-9(2,11)5-7-10/h3,11H,1,4-8H2,2H3. The number of nitrogens with zero attached hydrogens (tertiary/aromatic N) is 1. The maximum absolute atomic E-state index is 11.6. The Bertz CT molecular complexity index is 298. The highest BCUT2D eigenvalue weighted by atomic mass is 32.2. The number of hydrogen-bond acceptors (Lipinski definition) is 3. The van der Waals surface area contributed by atoms with Crippen LogP contribution in [0.4, 0.5) is 0 Å². The molecule has 0 bridgehead atoms. The van der Waals surface area contributed by atoms with Gasteiger partial charge in [-0.2, -0.15) is 0 Å². The second-order valence-corrected chi connectivity index (χ2v) is 5.98. The SMILES string of the molecule is C=CCS(=O)(=O)N1CCC(C)(O)CC1. The molecular weight excluding hydrogens is 202 g/mol. The Morgan fingerprint density at radius 2 is 2.00 bits per heavy atom. The zero-order valence-corrected chi connectivity index (χ0v) is 9.26. The lowest BCUT2D eigenvalue weighted by molar-refractivity contribution is 0.0126. The first-order chi connectivity index (χ1) is 6.37. The minimum atomic E-state index is -3.18. The van der Waals surface area contributed by atoms with Crippen LogP contribution in [0.5, 0.6) is 0 Å². The molecule has 0 amide bonds. The lowest BCUT2D eigenvalue weighted by atomic mass is 9.95. The highest BCUT2D eigenvalue weighted by molar-refractivity contribution is 7.89. The van der Waals surface area contributed by atoms with Crippen molar-refractivity contribution in [3.8, 4) is 0 Å². The molecule has 1 aliphatic rings. The summed E-state index contributed by atoms with van der Waals surface area (Å²) in [5.41, 5.74) is -0.708. The van der Waals surface area contributed by atoms with E-state index in [1.807, 2.05) is 0 Å². The zero-order valence-electron chi connectivity index (χ0n) is 8.44. The van der Waals surface area contributed by atoms with Crippen LogP contribution in [-0.2, 0) is 10.0 Å². The summed E-state index contributed by atoms with van der Waals surface area (Å²) in [5.74, 6) is -0.0187. The monoisotopic (exact) mass is 219 g/mol. The van der Waals surface area contributed by atoms with Gasteiger partial charge in [0.25, 0.3) is 0 Å². The Morgan fingerprint density at radius 1 is 1.50 bits per heavy atom. The van der Waals surface area contributed by atoms with E-state index in [4.69, 9.17) is 0 Å². The van der Waals surface area contributed by atoms with Gasteiger partial charge in [-0.25, -0.2) is 12.7 Å². The number of rotatable bonds is 3. The molecule has 1 heterocycles. The molecule has 1 saturated heterocycles. The van der Waals surface area contributed by atoms with Crippen LogP contribution in [0.15, 0.2) is 12.7 Å². The molecule has 82 valence electrons.